The van der Waals surface area contributed by atoms with Gasteiger partial charge in [0, 0.05) is 19.1 Å². The molecule has 0 aliphatic carbocycles. The van der Waals surface area contributed by atoms with Crippen molar-refractivity contribution < 1.29 is 14.2 Å². The maximum Gasteiger partial charge on any atom is 0.227 e. The van der Waals surface area contributed by atoms with Crippen molar-refractivity contribution in [3.63, 3.8) is 0 Å². The number of aliphatic hydroxyl groups is 1. The maximum absolute atomic E-state index is 13.5. The molecule has 0 aliphatic rings. The van der Waals surface area contributed by atoms with Crippen molar-refractivity contribution in [2.75, 3.05) is 6.54 Å². The smallest absolute Gasteiger partial charge is 0.227 e. The molecule has 1 atom stereocenters. The van der Waals surface area contributed by atoms with E-state index in [1.165, 1.54) is 12.1 Å². The monoisotopic (exact) mass is 473 g/mol. The summed E-state index contributed by atoms with van der Waals surface area (Å²) in [6, 6.07) is 25.7. The van der Waals surface area contributed by atoms with Crippen molar-refractivity contribution in [3.8, 4) is 17.3 Å². The van der Waals surface area contributed by atoms with Gasteiger partial charge < -0.3 is 9.84 Å². The Kier molecular flexibility index (Phi) is 7.95. The fourth-order valence-corrected chi connectivity index (χ4v) is 4.05. The van der Waals surface area contributed by atoms with Gasteiger partial charge in [0.05, 0.1) is 23.0 Å². The Balaban J connectivity index is 1.72. The van der Waals surface area contributed by atoms with Crippen LogP contribution in [0.2, 0.25) is 0 Å². The minimum atomic E-state index is -0.616. The molecule has 0 aliphatic heterocycles. The summed E-state index contributed by atoms with van der Waals surface area (Å²) >= 11 is 0. The molecular formula is C29H32FN3O2. The highest BCUT2D eigenvalue weighted by Crippen LogP contribution is 2.33. The largest absolute Gasteiger partial charge is 0.439 e. The summed E-state index contributed by atoms with van der Waals surface area (Å²) < 4.78 is 21.7. The third kappa shape index (κ3) is 5.96. The minimum Gasteiger partial charge on any atom is -0.439 e. The second-order valence-corrected chi connectivity index (χ2v) is 8.84. The number of halogens is 1. The Morgan fingerprint density at radius 1 is 0.943 bits per heavy atom. The van der Waals surface area contributed by atoms with Crippen LogP contribution in [0.5, 0.6) is 11.6 Å². The van der Waals surface area contributed by atoms with E-state index in [1.54, 1.807) is 12.1 Å². The first kappa shape index (κ1) is 24.6. The highest BCUT2D eigenvalue weighted by Gasteiger charge is 2.25. The predicted octanol–water partition coefficient (Wildman–Crippen LogP) is 6.31. The lowest BCUT2D eigenvalue weighted by atomic mass is 10.1. The van der Waals surface area contributed by atoms with E-state index in [2.05, 4.69) is 25.7 Å². The van der Waals surface area contributed by atoms with Gasteiger partial charge >= 0.3 is 0 Å². The standard InChI is InChI=1S/C29H32FN3O2/c1-4-27-26(19-32(21(2)3)20-28(34)22-11-7-5-8-12-22)29(35-25-17-15-23(30)16-18-25)33(31-27)24-13-9-6-10-14-24/h5-18,21,28,34H,4,19-20H2,1-3H3. The summed E-state index contributed by atoms with van der Waals surface area (Å²) in [6.45, 7) is 7.32. The normalized spacial score (nSPS) is 12.3. The Hall–Kier alpha value is -3.48. The van der Waals surface area contributed by atoms with E-state index >= 15 is 0 Å². The molecule has 1 N–H and O–H groups in total. The lowest BCUT2D eigenvalue weighted by Crippen LogP contribution is -2.34. The van der Waals surface area contributed by atoms with Gasteiger partial charge in [-0.15, -0.1) is 0 Å². The molecule has 0 amide bonds. The van der Waals surface area contributed by atoms with Crippen molar-refractivity contribution in [1.29, 1.82) is 0 Å². The molecule has 0 bridgehead atoms. The fraction of sp³-hybridized carbons (Fsp3) is 0.276. The molecule has 4 rings (SSSR count). The molecule has 3 aromatic carbocycles. The Morgan fingerprint density at radius 3 is 2.17 bits per heavy atom. The van der Waals surface area contributed by atoms with E-state index in [1.807, 2.05) is 65.3 Å². The second kappa shape index (κ2) is 11.3. The molecular weight excluding hydrogens is 441 g/mol. The zero-order valence-corrected chi connectivity index (χ0v) is 20.4. The van der Waals surface area contributed by atoms with E-state index in [9.17, 15) is 9.50 Å². The number of nitrogens with zero attached hydrogens (tertiary/aromatic N) is 3. The van der Waals surface area contributed by atoms with Gasteiger partial charge in [-0.25, -0.2) is 9.07 Å². The molecule has 0 radical (unpaired) electrons. The molecule has 182 valence electrons. The number of aromatic nitrogens is 2. The van der Waals surface area contributed by atoms with Crippen LogP contribution in [-0.2, 0) is 13.0 Å². The van der Waals surface area contributed by atoms with E-state index in [-0.39, 0.29) is 11.9 Å². The number of ether oxygens (including phenoxy) is 1. The average molecular weight is 474 g/mol. The van der Waals surface area contributed by atoms with Crippen molar-refractivity contribution in [3.05, 3.63) is 108 Å². The van der Waals surface area contributed by atoms with Gasteiger partial charge in [-0.1, -0.05) is 55.5 Å². The average Bonchev–Trinajstić information content (AvgIpc) is 3.22. The van der Waals surface area contributed by atoms with E-state index in [0.717, 1.165) is 28.9 Å². The van der Waals surface area contributed by atoms with Crippen LogP contribution < -0.4 is 4.74 Å². The number of benzene rings is 3. The molecule has 0 spiro atoms. The fourth-order valence-electron chi connectivity index (χ4n) is 4.05. The van der Waals surface area contributed by atoms with Gasteiger partial charge in [-0.05, 0) is 62.2 Å². The maximum atomic E-state index is 13.5. The molecule has 0 saturated carbocycles. The van der Waals surface area contributed by atoms with Crippen molar-refractivity contribution in [1.82, 2.24) is 14.7 Å². The Bertz CT molecular complexity index is 1210. The highest BCUT2D eigenvalue weighted by atomic mass is 19.1. The summed E-state index contributed by atoms with van der Waals surface area (Å²) in [5.41, 5.74) is 3.64. The summed E-state index contributed by atoms with van der Waals surface area (Å²) in [5, 5.41) is 15.8. The minimum absolute atomic E-state index is 0.178. The number of para-hydroxylation sites is 1. The summed E-state index contributed by atoms with van der Waals surface area (Å²) in [7, 11) is 0. The SMILES string of the molecule is CCc1nn(-c2ccccc2)c(Oc2ccc(F)cc2)c1CN(CC(O)c1ccccc1)C(C)C. The van der Waals surface area contributed by atoms with Gasteiger partial charge in [0.15, 0.2) is 0 Å². The first-order chi connectivity index (χ1) is 17.0. The van der Waals surface area contributed by atoms with Crippen LogP contribution >= 0.6 is 0 Å². The molecule has 0 fully saturated rings. The van der Waals surface area contributed by atoms with E-state index < -0.39 is 6.10 Å². The Labute approximate surface area is 206 Å². The molecule has 1 unspecified atom stereocenters. The van der Waals surface area contributed by atoms with Crippen LogP contribution in [0.3, 0.4) is 0 Å². The van der Waals surface area contributed by atoms with Crippen molar-refractivity contribution >= 4 is 0 Å². The zero-order chi connectivity index (χ0) is 24.8. The summed E-state index contributed by atoms with van der Waals surface area (Å²) in [4.78, 5) is 2.22. The topological polar surface area (TPSA) is 50.5 Å². The molecule has 4 aromatic rings. The van der Waals surface area contributed by atoms with Crippen LogP contribution in [-0.4, -0.2) is 32.4 Å². The van der Waals surface area contributed by atoms with Gasteiger partial charge in [0.2, 0.25) is 5.88 Å². The lowest BCUT2D eigenvalue weighted by Gasteiger charge is -2.29. The van der Waals surface area contributed by atoms with Gasteiger partial charge in [0.25, 0.3) is 0 Å². The number of aliphatic hydroxyl groups excluding tert-OH is 1. The van der Waals surface area contributed by atoms with Crippen LogP contribution in [0.15, 0.2) is 84.9 Å². The van der Waals surface area contributed by atoms with Crippen molar-refractivity contribution in [2.45, 2.75) is 45.9 Å². The number of rotatable bonds is 10. The highest BCUT2D eigenvalue weighted by molar-refractivity contribution is 5.43. The van der Waals surface area contributed by atoms with Crippen LogP contribution in [0, 0.1) is 5.82 Å². The van der Waals surface area contributed by atoms with E-state index in [4.69, 9.17) is 9.84 Å². The first-order valence-corrected chi connectivity index (χ1v) is 12.0. The van der Waals surface area contributed by atoms with Crippen LogP contribution in [0.4, 0.5) is 4.39 Å². The zero-order valence-electron chi connectivity index (χ0n) is 20.4. The molecule has 1 heterocycles. The third-order valence-electron chi connectivity index (χ3n) is 6.07. The number of hydrogen-bond donors (Lipinski definition) is 1. The van der Waals surface area contributed by atoms with Crippen molar-refractivity contribution in [2.24, 2.45) is 0 Å². The van der Waals surface area contributed by atoms with Crippen LogP contribution in [0.25, 0.3) is 5.69 Å². The third-order valence-corrected chi connectivity index (χ3v) is 6.07. The number of hydrogen-bond acceptors (Lipinski definition) is 4. The lowest BCUT2D eigenvalue weighted by molar-refractivity contribution is 0.0901. The summed E-state index contributed by atoms with van der Waals surface area (Å²) in [6.07, 6.45) is 0.108. The first-order valence-electron chi connectivity index (χ1n) is 12.0. The Morgan fingerprint density at radius 2 is 1.57 bits per heavy atom. The van der Waals surface area contributed by atoms with E-state index in [0.29, 0.717) is 24.7 Å². The van der Waals surface area contributed by atoms with Gasteiger partial charge in [-0.3, -0.25) is 4.90 Å². The molecule has 35 heavy (non-hydrogen) atoms. The van der Waals surface area contributed by atoms with Crippen LogP contribution in [0.1, 0.15) is 43.7 Å². The summed E-state index contributed by atoms with van der Waals surface area (Å²) in [5.74, 6) is 0.816. The molecule has 6 heteroatoms. The quantitative estimate of drug-likeness (QED) is 0.293. The number of aryl methyl sites for hydroxylation is 1. The van der Waals surface area contributed by atoms with Gasteiger partial charge in [-0.2, -0.15) is 5.10 Å². The molecule has 0 saturated heterocycles. The molecule has 5 nitrogen and oxygen atoms in total. The predicted molar refractivity (Wildman–Crippen MR) is 136 cm³/mol. The van der Waals surface area contributed by atoms with Gasteiger partial charge in [0.1, 0.15) is 11.6 Å². The second-order valence-electron chi connectivity index (χ2n) is 8.84. The molecule has 1 aromatic heterocycles.